The molecular formula is C16H20FN3O2. The van der Waals surface area contributed by atoms with E-state index in [1.54, 1.807) is 27.0 Å². The number of aromatic nitrogens is 1. The maximum Gasteiger partial charge on any atom is 0.412 e. The SMILES string of the molecule is CC(C)(C)OC(=O)Nc1ccc(F)c(NCc2cc[nH]c2)c1. The van der Waals surface area contributed by atoms with E-state index in [9.17, 15) is 9.18 Å². The number of anilines is 2. The summed E-state index contributed by atoms with van der Waals surface area (Å²) in [6.07, 6.45) is 3.05. The van der Waals surface area contributed by atoms with E-state index in [-0.39, 0.29) is 5.82 Å². The van der Waals surface area contributed by atoms with Gasteiger partial charge in [-0.2, -0.15) is 0 Å². The van der Waals surface area contributed by atoms with Gasteiger partial charge in [0.15, 0.2) is 0 Å². The molecule has 0 aliphatic rings. The summed E-state index contributed by atoms with van der Waals surface area (Å²) in [5.41, 5.74) is 1.20. The Labute approximate surface area is 128 Å². The molecule has 0 atom stereocenters. The van der Waals surface area contributed by atoms with Gasteiger partial charge in [0, 0.05) is 24.6 Å². The molecule has 1 aromatic carbocycles. The second-order valence-corrected chi connectivity index (χ2v) is 5.89. The quantitative estimate of drug-likeness (QED) is 0.796. The highest BCUT2D eigenvalue weighted by atomic mass is 19.1. The molecule has 0 aliphatic carbocycles. The third-order valence-corrected chi connectivity index (χ3v) is 2.76. The fraction of sp³-hybridized carbons (Fsp3) is 0.312. The Morgan fingerprint density at radius 2 is 2.09 bits per heavy atom. The normalized spacial score (nSPS) is 11.1. The summed E-state index contributed by atoms with van der Waals surface area (Å²) in [6.45, 7) is 5.82. The zero-order chi connectivity index (χ0) is 16.2. The van der Waals surface area contributed by atoms with Crippen LogP contribution in [0.5, 0.6) is 0 Å². The van der Waals surface area contributed by atoms with Crippen molar-refractivity contribution in [1.29, 1.82) is 0 Å². The Morgan fingerprint density at radius 3 is 2.73 bits per heavy atom. The summed E-state index contributed by atoms with van der Waals surface area (Å²) in [6, 6.07) is 6.21. The lowest BCUT2D eigenvalue weighted by Crippen LogP contribution is -2.27. The minimum atomic E-state index is -0.584. The molecule has 5 nitrogen and oxygen atoms in total. The van der Waals surface area contributed by atoms with Gasteiger partial charge in [-0.25, -0.2) is 9.18 Å². The van der Waals surface area contributed by atoms with Crippen LogP contribution in [-0.2, 0) is 11.3 Å². The van der Waals surface area contributed by atoms with E-state index in [1.807, 2.05) is 12.3 Å². The number of H-pyrrole nitrogens is 1. The number of carbonyl (C=O) groups excluding carboxylic acids is 1. The van der Waals surface area contributed by atoms with Crippen molar-refractivity contribution in [2.45, 2.75) is 32.9 Å². The summed E-state index contributed by atoms with van der Waals surface area (Å²) < 4.78 is 19.0. The maximum absolute atomic E-state index is 13.8. The number of ether oxygens (including phenoxy) is 1. The lowest BCUT2D eigenvalue weighted by molar-refractivity contribution is 0.0636. The Bertz CT molecular complexity index is 633. The van der Waals surface area contributed by atoms with E-state index in [0.29, 0.717) is 17.9 Å². The molecule has 1 heterocycles. The second-order valence-electron chi connectivity index (χ2n) is 5.89. The number of hydrogen-bond donors (Lipinski definition) is 3. The average molecular weight is 305 g/mol. The fourth-order valence-corrected chi connectivity index (χ4v) is 1.83. The lowest BCUT2D eigenvalue weighted by Gasteiger charge is -2.20. The summed E-state index contributed by atoms with van der Waals surface area (Å²) in [5.74, 6) is -0.384. The summed E-state index contributed by atoms with van der Waals surface area (Å²) >= 11 is 0. The molecule has 6 heteroatoms. The molecule has 0 unspecified atom stereocenters. The van der Waals surface area contributed by atoms with Crippen molar-refractivity contribution >= 4 is 17.5 Å². The number of nitrogens with one attached hydrogen (secondary N) is 3. The van der Waals surface area contributed by atoms with Crippen molar-refractivity contribution in [3.63, 3.8) is 0 Å². The molecule has 2 rings (SSSR count). The predicted molar refractivity (Wildman–Crippen MR) is 84.4 cm³/mol. The largest absolute Gasteiger partial charge is 0.444 e. The summed E-state index contributed by atoms with van der Waals surface area (Å²) in [7, 11) is 0. The molecule has 0 spiro atoms. The van der Waals surface area contributed by atoms with Crippen LogP contribution in [0.15, 0.2) is 36.7 Å². The van der Waals surface area contributed by atoms with Gasteiger partial charge in [0.25, 0.3) is 0 Å². The molecule has 22 heavy (non-hydrogen) atoms. The minimum Gasteiger partial charge on any atom is -0.444 e. The molecule has 1 amide bonds. The topological polar surface area (TPSA) is 66.2 Å². The molecule has 0 aliphatic heterocycles. The van der Waals surface area contributed by atoms with Crippen LogP contribution in [0, 0.1) is 5.82 Å². The molecule has 0 bridgehead atoms. The van der Waals surface area contributed by atoms with Crippen molar-refractivity contribution in [2.75, 3.05) is 10.6 Å². The van der Waals surface area contributed by atoms with Crippen molar-refractivity contribution in [1.82, 2.24) is 4.98 Å². The van der Waals surface area contributed by atoms with E-state index in [1.165, 1.54) is 18.2 Å². The summed E-state index contributed by atoms with van der Waals surface area (Å²) in [4.78, 5) is 14.6. The van der Waals surface area contributed by atoms with Crippen LogP contribution in [0.3, 0.4) is 0 Å². The van der Waals surface area contributed by atoms with E-state index >= 15 is 0 Å². The van der Waals surface area contributed by atoms with Gasteiger partial charge in [0.2, 0.25) is 0 Å². The van der Waals surface area contributed by atoms with Crippen molar-refractivity contribution in [2.24, 2.45) is 0 Å². The highest BCUT2D eigenvalue weighted by Crippen LogP contribution is 2.21. The van der Waals surface area contributed by atoms with Gasteiger partial charge in [-0.05, 0) is 50.6 Å². The molecule has 1 aromatic heterocycles. The van der Waals surface area contributed by atoms with E-state index < -0.39 is 11.7 Å². The first-order valence-electron chi connectivity index (χ1n) is 6.98. The fourth-order valence-electron chi connectivity index (χ4n) is 1.83. The monoisotopic (exact) mass is 305 g/mol. The van der Waals surface area contributed by atoms with Gasteiger partial charge in [-0.1, -0.05) is 0 Å². The Morgan fingerprint density at radius 1 is 1.32 bits per heavy atom. The number of hydrogen-bond acceptors (Lipinski definition) is 3. The average Bonchev–Trinajstić information content (AvgIpc) is 2.90. The van der Waals surface area contributed by atoms with Gasteiger partial charge in [-0.3, -0.25) is 5.32 Å². The molecular weight excluding hydrogens is 285 g/mol. The Hall–Kier alpha value is -2.50. The van der Waals surface area contributed by atoms with Crippen LogP contribution in [0.1, 0.15) is 26.3 Å². The highest BCUT2D eigenvalue weighted by Gasteiger charge is 2.16. The highest BCUT2D eigenvalue weighted by molar-refractivity contribution is 5.85. The smallest absolute Gasteiger partial charge is 0.412 e. The van der Waals surface area contributed by atoms with Crippen LogP contribution < -0.4 is 10.6 Å². The molecule has 0 saturated carbocycles. The maximum atomic E-state index is 13.8. The van der Waals surface area contributed by atoms with Gasteiger partial charge in [-0.15, -0.1) is 0 Å². The predicted octanol–water partition coefficient (Wildman–Crippen LogP) is 4.11. The van der Waals surface area contributed by atoms with Crippen LogP contribution in [0.2, 0.25) is 0 Å². The number of halogens is 1. The zero-order valence-corrected chi connectivity index (χ0v) is 12.9. The molecule has 2 aromatic rings. The van der Waals surface area contributed by atoms with Crippen molar-refractivity contribution in [3.05, 3.63) is 48.0 Å². The van der Waals surface area contributed by atoms with E-state index in [2.05, 4.69) is 15.6 Å². The Balaban J connectivity index is 2.01. The number of aromatic amines is 1. The molecule has 0 radical (unpaired) electrons. The first-order chi connectivity index (χ1) is 10.3. The van der Waals surface area contributed by atoms with Crippen LogP contribution >= 0.6 is 0 Å². The number of rotatable bonds is 4. The second kappa shape index (κ2) is 6.51. The Kier molecular flexibility index (Phi) is 4.70. The molecule has 3 N–H and O–H groups in total. The number of amides is 1. The zero-order valence-electron chi connectivity index (χ0n) is 12.9. The molecule has 118 valence electrons. The van der Waals surface area contributed by atoms with Gasteiger partial charge in [0.1, 0.15) is 11.4 Å². The van der Waals surface area contributed by atoms with Gasteiger partial charge in [0.05, 0.1) is 5.69 Å². The minimum absolute atomic E-state index is 0.315. The molecule has 0 saturated heterocycles. The lowest BCUT2D eigenvalue weighted by atomic mass is 10.2. The third-order valence-electron chi connectivity index (χ3n) is 2.76. The number of benzene rings is 1. The first kappa shape index (κ1) is 15.9. The van der Waals surface area contributed by atoms with Crippen molar-refractivity contribution < 1.29 is 13.9 Å². The van der Waals surface area contributed by atoms with Crippen LogP contribution in [0.4, 0.5) is 20.6 Å². The van der Waals surface area contributed by atoms with Gasteiger partial charge < -0.3 is 15.0 Å². The van der Waals surface area contributed by atoms with Gasteiger partial charge >= 0.3 is 6.09 Å². The van der Waals surface area contributed by atoms with Crippen molar-refractivity contribution in [3.8, 4) is 0 Å². The molecule has 0 fully saturated rings. The summed E-state index contributed by atoms with van der Waals surface area (Å²) in [5, 5.41) is 5.58. The van der Waals surface area contributed by atoms with Crippen LogP contribution in [-0.4, -0.2) is 16.7 Å². The van der Waals surface area contributed by atoms with E-state index in [4.69, 9.17) is 4.74 Å². The first-order valence-corrected chi connectivity index (χ1v) is 6.98. The standard InChI is InChI=1S/C16H20FN3O2/c1-16(2,3)22-15(21)20-12-4-5-13(17)14(8-12)19-10-11-6-7-18-9-11/h4-9,18-19H,10H2,1-3H3,(H,20,21). The third kappa shape index (κ3) is 4.80. The van der Waals surface area contributed by atoms with E-state index in [0.717, 1.165) is 5.56 Å². The van der Waals surface area contributed by atoms with Crippen LogP contribution in [0.25, 0.3) is 0 Å². The number of carbonyl (C=O) groups is 1.